The lowest BCUT2D eigenvalue weighted by Gasteiger charge is -2.18. The molecule has 0 amide bonds. The van der Waals surface area contributed by atoms with E-state index >= 15 is 0 Å². The molecule has 2 heterocycles. The summed E-state index contributed by atoms with van der Waals surface area (Å²) in [6.45, 7) is 0.650. The SMILES string of the molecule is COc1ccc(CNc2ccc(N(C)c3nccc4ccc(Cl)cc34)nn2)cc1. The van der Waals surface area contributed by atoms with Crippen LogP contribution < -0.4 is 15.0 Å². The van der Waals surface area contributed by atoms with Crippen molar-refractivity contribution in [2.24, 2.45) is 0 Å². The molecule has 1 N–H and O–H groups in total. The topological polar surface area (TPSA) is 63.2 Å². The number of fused-ring (bicyclic) bond motifs is 1. The Balaban J connectivity index is 1.49. The molecule has 4 rings (SSSR count). The van der Waals surface area contributed by atoms with Gasteiger partial charge in [-0.05, 0) is 53.4 Å². The number of nitrogens with one attached hydrogen (secondary N) is 1. The molecule has 6 nitrogen and oxygen atoms in total. The van der Waals surface area contributed by atoms with Crippen molar-refractivity contribution < 1.29 is 4.74 Å². The van der Waals surface area contributed by atoms with E-state index in [0.29, 0.717) is 23.2 Å². The summed E-state index contributed by atoms with van der Waals surface area (Å²) in [5, 5.41) is 14.6. The van der Waals surface area contributed by atoms with Crippen molar-refractivity contribution in [2.45, 2.75) is 6.54 Å². The van der Waals surface area contributed by atoms with Crippen LogP contribution in [0.2, 0.25) is 5.02 Å². The van der Waals surface area contributed by atoms with Gasteiger partial charge in [-0.1, -0.05) is 29.8 Å². The van der Waals surface area contributed by atoms with Crippen LogP contribution in [0.5, 0.6) is 5.75 Å². The highest BCUT2D eigenvalue weighted by atomic mass is 35.5. The smallest absolute Gasteiger partial charge is 0.156 e. The standard InChI is InChI=1S/C22H20ClN5O/c1-28(22-19-13-17(23)6-5-16(19)11-12-24-22)21-10-9-20(26-27-21)25-14-15-3-7-18(29-2)8-4-15/h3-13H,14H2,1-2H3,(H,25,26). The zero-order chi connectivity index (χ0) is 20.2. The number of ether oxygens (including phenoxy) is 1. The molecule has 0 aliphatic rings. The van der Waals surface area contributed by atoms with Gasteiger partial charge in [-0.15, -0.1) is 10.2 Å². The minimum Gasteiger partial charge on any atom is -0.497 e. The van der Waals surface area contributed by atoms with E-state index in [2.05, 4.69) is 20.5 Å². The Morgan fingerprint density at radius 1 is 1.00 bits per heavy atom. The summed E-state index contributed by atoms with van der Waals surface area (Å²) < 4.78 is 5.18. The number of hydrogen-bond acceptors (Lipinski definition) is 6. The van der Waals surface area contributed by atoms with Crippen LogP contribution in [0.1, 0.15) is 5.56 Å². The van der Waals surface area contributed by atoms with Gasteiger partial charge in [-0.25, -0.2) is 4.98 Å². The van der Waals surface area contributed by atoms with Crippen LogP contribution >= 0.6 is 11.6 Å². The third-order valence-electron chi connectivity index (χ3n) is 4.65. The molecule has 146 valence electrons. The minimum absolute atomic E-state index is 0.650. The highest BCUT2D eigenvalue weighted by Crippen LogP contribution is 2.30. The second-order valence-electron chi connectivity index (χ2n) is 6.54. The molecule has 0 atom stereocenters. The Morgan fingerprint density at radius 2 is 1.83 bits per heavy atom. The third-order valence-corrected chi connectivity index (χ3v) is 4.89. The first kappa shape index (κ1) is 19.0. The molecule has 0 saturated heterocycles. The summed E-state index contributed by atoms with van der Waals surface area (Å²) in [5.74, 6) is 3.01. The highest BCUT2D eigenvalue weighted by molar-refractivity contribution is 6.31. The quantitative estimate of drug-likeness (QED) is 0.483. The Labute approximate surface area is 174 Å². The van der Waals surface area contributed by atoms with Gasteiger partial charge in [0.2, 0.25) is 0 Å². The van der Waals surface area contributed by atoms with Crippen molar-refractivity contribution >= 4 is 39.8 Å². The van der Waals surface area contributed by atoms with Crippen molar-refractivity contribution in [1.29, 1.82) is 0 Å². The second-order valence-corrected chi connectivity index (χ2v) is 6.97. The maximum absolute atomic E-state index is 6.17. The predicted molar refractivity (Wildman–Crippen MR) is 117 cm³/mol. The zero-order valence-electron chi connectivity index (χ0n) is 16.1. The normalized spacial score (nSPS) is 10.7. The first-order valence-corrected chi connectivity index (χ1v) is 9.50. The van der Waals surface area contributed by atoms with Crippen LogP contribution in [0, 0.1) is 0 Å². The van der Waals surface area contributed by atoms with Crippen LogP contribution in [0.4, 0.5) is 17.5 Å². The molecule has 0 bridgehead atoms. The number of aromatic nitrogens is 3. The van der Waals surface area contributed by atoms with E-state index in [4.69, 9.17) is 16.3 Å². The van der Waals surface area contributed by atoms with Crippen molar-refractivity contribution in [3.63, 3.8) is 0 Å². The van der Waals surface area contributed by atoms with Crippen molar-refractivity contribution in [2.75, 3.05) is 24.4 Å². The first-order chi connectivity index (χ1) is 14.1. The van der Waals surface area contributed by atoms with Gasteiger partial charge in [0.05, 0.1) is 7.11 Å². The number of hydrogen-bond donors (Lipinski definition) is 1. The number of pyridine rings is 1. The first-order valence-electron chi connectivity index (χ1n) is 9.12. The number of benzene rings is 2. The van der Waals surface area contributed by atoms with Gasteiger partial charge in [-0.3, -0.25) is 0 Å². The lowest BCUT2D eigenvalue weighted by Crippen LogP contribution is -2.14. The molecular formula is C22H20ClN5O. The number of halogens is 1. The molecule has 0 radical (unpaired) electrons. The monoisotopic (exact) mass is 405 g/mol. The van der Waals surface area contributed by atoms with Gasteiger partial charge in [-0.2, -0.15) is 0 Å². The van der Waals surface area contributed by atoms with E-state index < -0.39 is 0 Å². The molecular weight excluding hydrogens is 386 g/mol. The minimum atomic E-state index is 0.650. The summed E-state index contributed by atoms with van der Waals surface area (Å²) in [6, 6.07) is 19.4. The molecule has 0 spiro atoms. The Bertz CT molecular complexity index is 1120. The lowest BCUT2D eigenvalue weighted by atomic mass is 10.1. The fraction of sp³-hybridized carbons (Fsp3) is 0.136. The summed E-state index contributed by atoms with van der Waals surface area (Å²) in [6.07, 6.45) is 1.78. The van der Waals surface area contributed by atoms with Gasteiger partial charge in [0.15, 0.2) is 5.82 Å². The van der Waals surface area contributed by atoms with Gasteiger partial charge >= 0.3 is 0 Å². The van der Waals surface area contributed by atoms with Crippen LogP contribution in [0.3, 0.4) is 0 Å². The molecule has 7 heteroatoms. The van der Waals surface area contributed by atoms with E-state index in [9.17, 15) is 0 Å². The molecule has 0 aliphatic heterocycles. The summed E-state index contributed by atoms with van der Waals surface area (Å²) in [7, 11) is 3.57. The summed E-state index contributed by atoms with van der Waals surface area (Å²) in [4.78, 5) is 6.41. The number of methoxy groups -OCH3 is 1. The van der Waals surface area contributed by atoms with Crippen molar-refractivity contribution in [1.82, 2.24) is 15.2 Å². The lowest BCUT2D eigenvalue weighted by molar-refractivity contribution is 0.414. The summed E-state index contributed by atoms with van der Waals surface area (Å²) in [5.41, 5.74) is 1.13. The Hall–Kier alpha value is -3.38. The number of anilines is 3. The zero-order valence-corrected chi connectivity index (χ0v) is 16.9. The van der Waals surface area contributed by atoms with Gasteiger partial charge in [0, 0.05) is 30.2 Å². The van der Waals surface area contributed by atoms with Gasteiger partial charge in [0.25, 0.3) is 0 Å². The van der Waals surface area contributed by atoms with Gasteiger partial charge < -0.3 is 15.0 Å². The predicted octanol–water partition coefficient (Wildman–Crippen LogP) is 5.07. The molecule has 0 saturated carbocycles. The van der Waals surface area contributed by atoms with E-state index in [1.54, 1.807) is 13.3 Å². The highest BCUT2D eigenvalue weighted by Gasteiger charge is 2.12. The molecule has 0 unspecified atom stereocenters. The van der Waals surface area contributed by atoms with Crippen molar-refractivity contribution in [3.05, 3.63) is 77.4 Å². The molecule has 2 aromatic carbocycles. The third kappa shape index (κ3) is 4.22. The number of rotatable bonds is 6. The average Bonchev–Trinajstić information content (AvgIpc) is 2.77. The fourth-order valence-electron chi connectivity index (χ4n) is 3.04. The number of nitrogens with zero attached hydrogens (tertiary/aromatic N) is 4. The maximum atomic E-state index is 6.17. The van der Waals surface area contributed by atoms with E-state index in [-0.39, 0.29) is 0 Å². The maximum Gasteiger partial charge on any atom is 0.156 e. The van der Waals surface area contributed by atoms with Crippen LogP contribution in [0.25, 0.3) is 10.8 Å². The fourth-order valence-corrected chi connectivity index (χ4v) is 3.21. The van der Waals surface area contributed by atoms with Crippen LogP contribution in [-0.4, -0.2) is 29.3 Å². The largest absolute Gasteiger partial charge is 0.497 e. The molecule has 0 aliphatic carbocycles. The molecule has 29 heavy (non-hydrogen) atoms. The molecule has 0 fully saturated rings. The van der Waals surface area contributed by atoms with Crippen LogP contribution in [-0.2, 0) is 6.54 Å². The van der Waals surface area contributed by atoms with E-state index in [0.717, 1.165) is 27.9 Å². The Morgan fingerprint density at radius 3 is 2.55 bits per heavy atom. The summed E-state index contributed by atoms with van der Waals surface area (Å²) >= 11 is 6.17. The van der Waals surface area contributed by atoms with Crippen molar-refractivity contribution in [3.8, 4) is 5.75 Å². The second kappa shape index (κ2) is 8.32. The average molecular weight is 406 g/mol. The Kier molecular flexibility index (Phi) is 5.44. The van der Waals surface area contributed by atoms with E-state index in [1.165, 1.54) is 0 Å². The molecule has 2 aromatic heterocycles. The van der Waals surface area contributed by atoms with Gasteiger partial charge in [0.1, 0.15) is 17.4 Å². The van der Waals surface area contributed by atoms with Crippen LogP contribution in [0.15, 0.2) is 66.9 Å². The van der Waals surface area contributed by atoms with E-state index in [1.807, 2.05) is 72.6 Å². The molecule has 4 aromatic rings.